The van der Waals surface area contributed by atoms with Crippen molar-refractivity contribution in [2.45, 2.75) is 31.5 Å². The third-order valence-electron chi connectivity index (χ3n) is 4.54. The molecule has 1 aliphatic rings. The molecule has 3 heterocycles. The fourth-order valence-corrected chi connectivity index (χ4v) is 3.06. The average Bonchev–Trinajstić information content (AvgIpc) is 3.26. The summed E-state index contributed by atoms with van der Waals surface area (Å²) in [7, 11) is 0. The Hall–Kier alpha value is -2.82. The topological polar surface area (TPSA) is 120 Å². The fraction of sp³-hybridized carbons (Fsp3) is 0.353. The second-order valence-electron chi connectivity index (χ2n) is 6.26. The van der Waals surface area contributed by atoms with E-state index in [1.54, 1.807) is 22.8 Å². The van der Waals surface area contributed by atoms with Crippen molar-refractivity contribution >= 4 is 17.0 Å². The highest BCUT2D eigenvalue weighted by Crippen LogP contribution is 2.30. The molecule has 1 saturated heterocycles. The Morgan fingerprint density at radius 2 is 2.19 bits per heavy atom. The van der Waals surface area contributed by atoms with E-state index in [0.717, 1.165) is 0 Å². The summed E-state index contributed by atoms with van der Waals surface area (Å²) in [6, 6.07) is 6.29. The van der Waals surface area contributed by atoms with Crippen LogP contribution in [0.15, 0.2) is 36.9 Å². The smallest absolute Gasteiger partial charge is 0.289 e. The lowest BCUT2D eigenvalue weighted by Gasteiger charge is -2.12. The monoisotopic (exact) mass is 376 g/mol. The molecule has 1 aliphatic heterocycles. The fourth-order valence-electron chi connectivity index (χ4n) is 3.06. The van der Waals surface area contributed by atoms with Gasteiger partial charge in [-0.05, 0) is 6.07 Å². The van der Waals surface area contributed by atoms with Gasteiger partial charge in [0.1, 0.15) is 24.5 Å². The summed E-state index contributed by atoms with van der Waals surface area (Å²) in [5.74, 6) is -0.169. The quantitative estimate of drug-likeness (QED) is 0.524. The van der Waals surface area contributed by atoms with Crippen molar-refractivity contribution in [3.05, 3.63) is 48.3 Å². The van der Waals surface area contributed by atoms with Gasteiger partial charge in [0.15, 0.2) is 6.61 Å². The maximum atomic E-state index is 13.7. The standard InChI is InChI=1S/C17H18FN5O4/c18-11-4-2-1-3-10(11)7-26-23-9-21-17-15(16(23)19)20-8-22(17)14-5-12(25)13(6-24)27-14/h1-4,8-9,12-14,19,24-25H,5-7H2/p+1/t12-,13+,14+/m0/s1. The van der Waals surface area contributed by atoms with E-state index in [1.165, 1.54) is 23.5 Å². The number of fused-ring (bicyclic) bond motifs is 1. The summed E-state index contributed by atoms with van der Waals surface area (Å²) < 4.78 is 22.2. The molecule has 0 amide bonds. The van der Waals surface area contributed by atoms with Crippen molar-refractivity contribution in [1.29, 1.82) is 0 Å². The van der Waals surface area contributed by atoms with Gasteiger partial charge >= 0.3 is 0 Å². The molecule has 3 atom stereocenters. The van der Waals surface area contributed by atoms with Gasteiger partial charge < -0.3 is 25.5 Å². The summed E-state index contributed by atoms with van der Waals surface area (Å²) in [5.41, 5.74) is 7.34. The number of halogens is 1. The van der Waals surface area contributed by atoms with Gasteiger partial charge in [-0.3, -0.25) is 4.57 Å². The number of hydrogen-bond acceptors (Lipinski definition) is 7. The van der Waals surface area contributed by atoms with Crippen LogP contribution in [0, 0.1) is 5.82 Å². The van der Waals surface area contributed by atoms with Gasteiger partial charge in [0, 0.05) is 12.0 Å². The van der Waals surface area contributed by atoms with Crippen LogP contribution in [0.4, 0.5) is 10.2 Å². The molecule has 0 aliphatic carbocycles. The van der Waals surface area contributed by atoms with E-state index in [4.69, 9.17) is 15.3 Å². The average molecular weight is 376 g/mol. The number of aliphatic hydroxyl groups excluding tert-OH is 2. The zero-order valence-electron chi connectivity index (χ0n) is 14.3. The Morgan fingerprint density at radius 3 is 2.93 bits per heavy atom. The number of benzene rings is 1. The molecule has 0 unspecified atom stereocenters. The molecule has 0 radical (unpaired) electrons. The molecular formula is C17H19FN5O4+. The van der Waals surface area contributed by atoms with Crippen molar-refractivity contribution in [2.24, 2.45) is 0 Å². The van der Waals surface area contributed by atoms with Gasteiger partial charge in [-0.2, -0.15) is 0 Å². The lowest BCUT2D eigenvalue weighted by atomic mass is 10.2. The number of rotatable bonds is 5. The highest BCUT2D eigenvalue weighted by atomic mass is 19.1. The molecule has 10 heteroatoms. The van der Waals surface area contributed by atoms with Gasteiger partial charge in [-0.15, -0.1) is 0 Å². The van der Waals surface area contributed by atoms with Gasteiger partial charge in [-0.1, -0.05) is 27.9 Å². The zero-order valence-corrected chi connectivity index (χ0v) is 14.3. The predicted molar refractivity (Wildman–Crippen MR) is 90.4 cm³/mol. The van der Waals surface area contributed by atoms with Crippen LogP contribution in [0.1, 0.15) is 18.2 Å². The van der Waals surface area contributed by atoms with Crippen LogP contribution in [-0.4, -0.2) is 43.6 Å². The number of anilines is 1. The van der Waals surface area contributed by atoms with Crippen molar-refractivity contribution in [3.63, 3.8) is 0 Å². The number of aliphatic hydroxyl groups is 2. The Balaban J connectivity index is 1.58. The Kier molecular flexibility index (Phi) is 4.60. The van der Waals surface area contributed by atoms with Crippen LogP contribution in [0.3, 0.4) is 0 Å². The van der Waals surface area contributed by atoms with Crippen molar-refractivity contribution in [3.8, 4) is 0 Å². The summed E-state index contributed by atoms with van der Waals surface area (Å²) in [5, 5.41) is 19.1. The van der Waals surface area contributed by atoms with Crippen molar-refractivity contribution in [2.75, 3.05) is 12.3 Å². The molecule has 0 bridgehead atoms. The second kappa shape index (κ2) is 7.06. The Morgan fingerprint density at radius 1 is 1.37 bits per heavy atom. The Bertz CT molecular complexity index is 966. The molecule has 9 nitrogen and oxygen atoms in total. The molecule has 142 valence electrons. The van der Waals surface area contributed by atoms with Gasteiger partial charge in [0.25, 0.3) is 12.1 Å². The van der Waals surface area contributed by atoms with Crippen molar-refractivity contribution in [1.82, 2.24) is 14.5 Å². The predicted octanol–water partition coefficient (Wildman–Crippen LogP) is -0.290. The minimum Gasteiger partial charge on any atom is -0.394 e. The number of hydrogen-bond donors (Lipinski definition) is 3. The van der Waals surface area contributed by atoms with Crippen LogP contribution in [0.2, 0.25) is 0 Å². The summed E-state index contributed by atoms with van der Waals surface area (Å²) >= 11 is 0. The second-order valence-corrected chi connectivity index (χ2v) is 6.26. The van der Waals surface area contributed by atoms with Gasteiger partial charge in [0.05, 0.1) is 12.7 Å². The zero-order chi connectivity index (χ0) is 19.0. The molecular weight excluding hydrogens is 357 g/mol. The van der Waals surface area contributed by atoms with E-state index < -0.39 is 18.4 Å². The first-order valence-electron chi connectivity index (χ1n) is 8.42. The van der Waals surface area contributed by atoms with Crippen LogP contribution in [0.5, 0.6) is 0 Å². The highest BCUT2D eigenvalue weighted by molar-refractivity contribution is 5.79. The van der Waals surface area contributed by atoms with Crippen LogP contribution >= 0.6 is 0 Å². The van der Waals surface area contributed by atoms with E-state index in [0.29, 0.717) is 23.1 Å². The minimum atomic E-state index is -0.771. The molecule has 0 saturated carbocycles. The maximum absolute atomic E-state index is 13.7. The number of imidazole rings is 1. The van der Waals surface area contributed by atoms with Crippen LogP contribution in [0.25, 0.3) is 11.2 Å². The van der Waals surface area contributed by atoms with Crippen LogP contribution in [-0.2, 0) is 11.3 Å². The minimum absolute atomic E-state index is 0.0223. The number of aromatic nitrogens is 4. The van der Waals surface area contributed by atoms with E-state index >= 15 is 0 Å². The summed E-state index contributed by atoms with van der Waals surface area (Å²) in [6.07, 6.45) is 1.24. The maximum Gasteiger partial charge on any atom is 0.289 e. The molecule has 4 N–H and O–H groups in total. The van der Waals surface area contributed by atoms with Gasteiger partial charge in [-0.25, -0.2) is 9.37 Å². The van der Waals surface area contributed by atoms with E-state index in [9.17, 15) is 14.6 Å². The van der Waals surface area contributed by atoms with Gasteiger partial charge in [0.2, 0.25) is 11.2 Å². The molecule has 1 aromatic carbocycles. The molecule has 4 rings (SSSR count). The lowest BCUT2D eigenvalue weighted by molar-refractivity contribution is -0.885. The third kappa shape index (κ3) is 3.18. The van der Waals surface area contributed by atoms with E-state index in [1.807, 2.05) is 0 Å². The first-order chi connectivity index (χ1) is 13.1. The van der Waals surface area contributed by atoms with Crippen LogP contribution < -0.4 is 15.3 Å². The SMILES string of the molecule is Nc1c2ncn([C@H]3C[C@H](O)[C@@H](CO)O3)c2nc[n+]1OCc1ccccc1F. The molecule has 1 fully saturated rings. The Labute approximate surface area is 153 Å². The molecule has 2 aromatic heterocycles. The largest absolute Gasteiger partial charge is 0.394 e. The lowest BCUT2D eigenvalue weighted by Crippen LogP contribution is -2.45. The van der Waals surface area contributed by atoms with E-state index in [2.05, 4.69) is 9.97 Å². The summed E-state index contributed by atoms with van der Waals surface area (Å²) in [6.45, 7) is -0.296. The highest BCUT2D eigenvalue weighted by Gasteiger charge is 2.36. The normalized spacial score (nSPS) is 22.4. The number of nitrogen functional groups attached to an aromatic ring is 1. The molecule has 27 heavy (non-hydrogen) atoms. The first kappa shape index (κ1) is 17.6. The molecule has 3 aromatic rings. The first-order valence-corrected chi connectivity index (χ1v) is 8.42. The number of nitrogens with zero attached hydrogens (tertiary/aromatic N) is 4. The summed E-state index contributed by atoms with van der Waals surface area (Å²) in [4.78, 5) is 14.1. The van der Waals surface area contributed by atoms with Crippen molar-refractivity contribution < 1.29 is 28.9 Å². The number of ether oxygens (including phenoxy) is 1. The van der Waals surface area contributed by atoms with E-state index in [-0.39, 0.29) is 24.8 Å². The third-order valence-corrected chi connectivity index (χ3v) is 4.54. The number of nitrogens with two attached hydrogens (primary N) is 1. The molecule has 0 spiro atoms.